The van der Waals surface area contributed by atoms with Gasteiger partial charge in [-0.3, -0.25) is 19.3 Å². The number of hydrogen-bond acceptors (Lipinski definition) is 4. The fourth-order valence-electron chi connectivity index (χ4n) is 0.661. The summed E-state index contributed by atoms with van der Waals surface area (Å²) in [5.74, 6) is -0.899. The third kappa shape index (κ3) is 2.48. The minimum Gasteiger partial charge on any atom is -0.271 e. The summed E-state index contributed by atoms with van der Waals surface area (Å²) in [6, 6.07) is 0. The van der Waals surface area contributed by atoms with Gasteiger partial charge in [0.25, 0.3) is 11.8 Å². The van der Waals surface area contributed by atoms with Crippen molar-refractivity contribution in [1.29, 1.82) is 0 Å². The van der Waals surface area contributed by atoms with Crippen LogP contribution < -0.4 is 0 Å². The zero-order valence-corrected chi connectivity index (χ0v) is 7.53. The normalized spacial score (nSPS) is 9.33. The SMILES string of the molecule is CON(C(C)=O)N(OC)C(C)=O. The van der Waals surface area contributed by atoms with Crippen molar-refractivity contribution in [2.24, 2.45) is 0 Å². The van der Waals surface area contributed by atoms with Gasteiger partial charge in [-0.05, 0) is 0 Å². The van der Waals surface area contributed by atoms with Crippen LogP contribution in [0.3, 0.4) is 0 Å². The van der Waals surface area contributed by atoms with Gasteiger partial charge in [-0.1, -0.05) is 10.3 Å². The van der Waals surface area contributed by atoms with Gasteiger partial charge in [0.05, 0.1) is 14.2 Å². The first-order valence-corrected chi connectivity index (χ1v) is 3.24. The van der Waals surface area contributed by atoms with E-state index in [1.807, 2.05) is 0 Å². The lowest BCUT2D eigenvalue weighted by Gasteiger charge is -2.27. The standard InChI is InChI=1S/C6H12N2O4/c1-5(9)7(11-3)8(12-4)6(2)10/h1-4H3. The summed E-state index contributed by atoms with van der Waals surface area (Å²) in [6.07, 6.45) is 0. The van der Waals surface area contributed by atoms with E-state index in [1.165, 1.54) is 28.1 Å². The van der Waals surface area contributed by atoms with Gasteiger partial charge in [0, 0.05) is 13.8 Å². The molecule has 6 heteroatoms. The molecule has 0 unspecified atom stereocenters. The smallest absolute Gasteiger partial charge is 0.266 e. The molecule has 0 aromatic rings. The Morgan fingerprint density at radius 1 is 0.917 bits per heavy atom. The maximum Gasteiger partial charge on any atom is 0.266 e. The van der Waals surface area contributed by atoms with Crippen LogP contribution in [-0.2, 0) is 19.3 Å². The molecule has 0 saturated carbocycles. The average molecular weight is 176 g/mol. The van der Waals surface area contributed by atoms with E-state index in [1.54, 1.807) is 0 Å². The molecular formula is C6H12N2O4. The number of rotatable bonds is 2. The summed E-state index contributed by atoms with van der Waals surface area (Å²) >= 11 is 0. The van der Waals surface area contributed by atoms with Gasteiger partial charge in [0.2, 0.25) is 0 Å². The second kappa shape index (κ2) is 4.68. The Bertz CT molecular complexity index is 162. The maximum absolute atomic E-state index is 10.8. The van der Waals surface area contributed by atoms with Gasteiger partial charge in [0.15, 0.2) is 0 Å². The van der Waals surface area contributed by atoms with Crippen molar-refractivity contribution in [2.45, 2.75) is 13.8 Å². The van der Waals surface area contributed by atoms with Crippen molar-refractivity contribution in [3.63, 3.8) is 0 Å². The molecule has 6 nitrogen and oxygen atoms in total. The first-order chi connectivity index (χ1) is 5.54. The summed E-state index contributed by atoms with van der Waals surface area (Å²) in [5, 5.41) is 1.42. The van der Waals surface area contributed by atoms with Gasteiger partial charge in [-0.25, -0.2) is 0 Å². The highest BCUT2D eigenvalue weighted by atomic mass is 16.8. The number of carbonyl (C=O) groups excluding carboxylic acids is 2. The molecule has 0 N–H and O–H groups in total. The van der Waals surface area contributed by atoms with Gasteiger partial charge in [0.1, 0.15) is 0 Å². The Kier molecular flexibility index (Phi) is 4.24. The topological polar surface area (TPSA) is 59.1 Å². The average Bonchev–Trinajstić information content (AvgIpc) is 1.98. The fourth-order valence-corrected chi connectivity index (χ4v) is 0.661. The molecule has 0 aromatic carbocycles. The molecule has 2 amide bonds. The molecular weight excluding hydrogens is 164 g/mol. The van der Waals surface area contributed by atoms with Crippen LogP contribution in [-0.4, -0.2) is 36.4 Å². The number of amides is 2. The fraction of sp³-hybridized carbons (Fsp3) is 0.667. The van der Waals surface area contributed by atoms with Gasteiger partial charge in [-0.2, -0.15) is 0 Å². The molecule has 0 heterocycles. The predicted octanol–water partition coefficient (Wildman–Crippen LogP) is -0.279. The summed E-state index contributed by atoms with van der Waals surface area (Å²) in [5.41, 5.74) is 0. The van der Waals surface area contributed by atoms with Crippen LogP contribution in [0, 0.1) is 0 Å². The van der Waals surface area contributed by atoms with Crippen LogP contribution in [0.1, 0.15) is 13.8 Å². The molecule has 0 fully saturated rings. The van der Waals surface area contributed by atoms with Crippen LogP contribution in [0.5, 0.6) is 0 Å². The zero-order chi connectivity index (χ0) is 9.72. The molecule has 0 bridgehead atoms. The molecule has 70 valence electrons. The summed E-state index contributed by atoms with van der Waals surface area (Å²) in [4.78, 5) is 30.8. The lowest BCUT2D eigenvalue weighted by Crippen LogP contribution is -2.46. The monoisotopic (exact) mass is 176 g/mol. The van der Waals surface area contributed by atoms with Crippen LogP contribution in [0.15, 0.2) is 0 Å². The van der Waals surface area contributed by atoms with E-state index < -0.39 is 11.8 Å². The molecule has 0 aliphatic rings. The molecule has 0 aliphatic carbocycles. The second-order valence-electron chi connectivity index (χ2n) is 1.95. The molecule has 0 aromatic heterocycles. The highest BCUT2D eigenvalue weighted by Gasteiger charge is 2.20. The van der Waals surface area contributed by atoms with Crippen molar-refractivity contribution >= 4 is 11.8 Å². The summed E-state index contributed by atoms with van der Waals surface area (Å²) < 4.78 is 0. The maximum atomic E-state index is 10.8. The van der Waals surface area contributed by atoms with Crippen molar-refractivity contribution in [3.8, 4) is 0 Å². The van der Waals surface area contributed by atoms with Crippen molar-refractivity contribution in [2.75, 3.05) is 14.2 Å². The number of hydrazine groups is 1. The van der Waals surface area contributed by atoms with E-state index in [-0.39, 0.29) is 0 Å². The lowest BCUT2D eigenvalue weighted by molar-refractivity contribution is -0.344. The quantitative estimate of drug-likeness (QED) is 0.543. The molecule has 0 spiro atoms. The van der Waals surface area contributed by atoms with Crippen LogP contribution in [0.4, 0.5) is 0 Å². The minimum atomic E-state index is -0.449. The number of nitrogens with zero attached hydrogens (tertiary/aromatic N) is 2. The molecule has 0 saturated heterocycles. The Hall–Kier alpha value is -1.14. The highest BCUT2D eigenvalue weighted by Crippen LogP contribution is 1.99. The van der Waals surface area contributed by atoms with Gasteiger partial charge < -0.3 is 0 Å². The highest BCUT2D eigenvalue weighted by molar-refractivity contribution is 5.77. The third-order valence-electron chi connectivity index (χ3n) is 1.05. The van der Waals surface area contributed by atoms with E-state index in [4.69, 9.17) is 0 Å². The van der Waals surface area contributed by atoms with Crippen molar-refractivity contribution in [1.82, 2.24) is 10.3 Å². The Morgan fingerprint density at radius 3 is 1.25 bits per heavy atom. The van der Waals surface area contributed by atoms with Crippen molar-refractivity contribution in [3.05, 3.63) is 0 Å². The van der Waals surface area contributed by atoms with Crippen LogP contribution >= 0.6 is 0 Å². The lowest BCUT2D eigenvalue weighted by atomic mass is 10.7. The van der Waals surface area contributed by atoms with Crippen LogP contribution in [0.25, 0.3) is 0 Å². The van der Waals surface area contributed by atoms with E-state index >= 15 is 0 Å². The second-order valence-corrected chi connectivity index (χ2v) is 1.95. The van der Waals surface area contributed by atoms with E-state index in [0.29, 0.717) is 10.3 Å². The molecule has 0 radical (unpaired) electrons. The van der Waals surface area contributed by atoms with E-state index in [9.17, 15) is 9.59 Å². The largest absolute Gasteiger partial charge is 0.271 e. The summed E-state index contributed by atoms with van der Waals surface area (Å²) in [6.45, 7) is 2.50. The predicted molar refractivity (Wildman–Crippen MR) is 39.1 cm³/mol. The van der Waals surface area contributed by atoms with Gasteiger partial charge >= 0.3 is 0 Å². The Morgan fingerprint density at radius 2 is 1.17 bits per heavy atom. The van der Waals surface area contributed by atoms with E-state index in [2.05, 4.69) is 9.68 Å². The Labute approximate surface area is 70.5 Å². The zero-order valence-electron chi connectivity index (χ0n) is 7.53. The molecule has 0 aliphatic heterocycles. The number of hydrogen-bond donors (Lipinski definition) is 0. The summed E-state index contributed by atoms with van der Waals surface area (Å²) in [7, 11) is 2.52. The molecule has 0 atom stereocenters. The number of carbonyl (C=O) groups is 2. The van der Waals surface area contributed by atoms with Crippen LogP contribution in [0.2, 0.25) is 0 Å². The first kappa shape index (κ1) is 10.9. The molecule has 12 heavy (non-hydrogen) atoms. The molecule has 0 rings (SSSR count). The minimum absolute atomic E-state index is 0.449. The van der Waals surface area contributed by atoms with Crippen molar-refractivity contribution < 1.29 is 19.3 Å². The Balaban J connectivity index is 4.44. The number of hydroxylamine groups is 2. The van der Waals surface area contributed by atoms with Gasteiger partial charge in [-0.15, -0.1) is 0 Å². The van der Waals surface area contributed by atoms with E-state index in [0.717, 1.165) is 0 Å². The first-order valence-electron chi connectivity index (χ1n) is 3.24. The third-order valence-corrected chi connectivity index (χ3v) is 1.05.